The largest absolute Gasteiger partial charge is 0.480 e. The first-order chi connectivity index (χ1) is 10.1. The maximum absolute atomic E-state index is 11.7. The van der Waals surface area contributed by atoms with E-state index in [-0.39, 0.29) is 0 Å². The Morgan fingerprint density at radius 1 is 1.43 bits per heavy atom. The molecule has 7 heteroatoms. The van der Waals surface area contributed by atoms with Gasteiger partial charge in [-0.15, -0.1) is 0 Å². The zero-order valence-electron chi connectivity index (χ0n) is 11.5. The zero-order chi connectivity index (χ0) is 15.0. The van der Waals surface area contributed by atoms with Gasteiger partial charge in [-0.25, -0.2) is 9.78 Å². The number of fused-ring (bicyclic) bond motifs is 1. The van der Waals surface area contributed by atoms with Crippen LogP contribution in [0.1, 0.15) is 28.0 Å². The van der Waals surface area contributed by atoms with Gasteiger partial charge in [-0.05, 0) is 30.9 Å². The smallest absolute Gasteiger partial charge is 0.327 e. The molecule has 2 aliphatic rings. The summed E-state index contributed by atoms with van der Waals surface area (Å²) >= 11 is 1.60. The van der Waals surface area contributed by atoms with E-state index in [0.717, 1.165) is 36.3 Å². The molecule has 1 aliphatic carbocycles. The predicted molar refractivity (Wildman–Crippen MR) is 80.9 cm³/mol. The minimum Gasteiger partial charge on any atom is -0.480 e. The number of primary amides is 1. The molecule has 0 spiro atoms. The van der Waals surface area contributed by atoms with Gasteiger partial charge >= 0.3 is 5.97 Å². The Kier molecular flexibility index (Phi) is 3.75. The van der Waals surface area contributed by atoms with Crippen LogP contribution in [0, 0.1) is 0 Å². The molecule has 3 N–H and O–H groups in total. The van der Waals surface area contributed by atoms with Gasteiger partial charge in [0.2, 0.25) is 0 Å². The molecule has 0 aromatic carbocycles. The summed E-state index contributed by atoms with van der Waals surface area (Å²) in [6.07, 6.45) is 2.80. The molecule has 1 saturated heterocycles. The summed E-state index contributed by atoms with van der Waals surface area (Å²) in [6.45, 7) is 0.563. The van der Waals surface area contributed by atoms with E-state index in [2.05, 4.69) is 4.98 Å². The molecular formula is C14H17N3O3S. The lowest BCUT2D eigenvalue weighted by Crippen LogP contribution is -2.48. The molecule has 1 fully saturated rings. The first-order valence-electron chi connectivity index (χ1n) is 6.97. The fourth-order valence-corrected chi connectivity index (χ4v) is 3.96. The first-order valence-corrected chi connectivity index (χ1v) is 8.13. The Morgan fingerprint density at radius 2 is 2.24 bits per heavy atom. The number of carbonyl (C=O) groups excluding carboxylic acids is 1. The minimum atomic E-state index is -0.889. The van der Waals surface area contributed by atoms with Gasteiger partial charge in [-0.1, -0.05) is 0 Å². The number of pyridine rings is 1. The highest BCUT2D eigenvalue weighted by Crippen LogP contribution is 2.30. The van der Waals surface area contributed by atoms with E-state index in [1.807, 2.05) is 0 Å². The summed E-state index contributed by atoms with van der Waals surface area (Å²) < 4.78 is 0. The van der Waals surface area contributed by atoms with E-state index in [0.29, 0.717) is 23.7 Å². The topological polar surface area (TPSA) is 96.5 Å². The number of carboxylic acid groups (broad SMARTS) is 1. The van der Waals surface area contributed by atoms with E-state index >= 15 is 0 Å². The van der Waals surface area contributed by atoms with Crippen LogP contribution in [0.3, 0.4) is 0 Å². The Balaban J connectivity index is 2.07. The highest BCUT2D eigenvalue weighted by molar-refractivity contribution is 7.99. The maximum atomic E-state index is 11.7. The number of amides is 1. The number of rotatable bonds is 3. The van der Waals surface area contributed by atoms with Crippen molar-refractivity contribution in [3.8, 4) is 0 Å². The summed E-state index contributed by atoms with van der Waals surface area (Å²) in [5.74, 6) is 0.317. The molecule has 1 unspecified atom stereocenters. The average Bonchev–Trinajstić information content (AvgIpc) is 2.93. The monoisotopic (exact) mass is 307 g/mol. The lowest BCUT2D eigenvalue weighted by Gasteiger charge is -2.34. The molecule has 2 heterocycles. The normalized spacial score (nSPS) is 21.1. The number of carboxylic acids is 1. The minimum absolute atomic E-state index is 0.341. The van der Waals surface area contributed by atoms with Crippen LogP contribution in [0.25, 0.3) is 0 Å². The van der Waals surface area contributed by atoms with Gasteiger partial charge in [-0.3, -0.25) is 4.79 Å². The second kappa shape index (κ2) is 5.55. The molecule has 3 rings (SSSR count). The van der Waals surface area contributed by atoms with E-state index in [1.54, 1.807) is 22.7 Å². The van der Waals surface area contributed by atoms with Gasteiger partial charge in [0.1, 0.15) is 11.9 Å². The Hall–Kier alpha value is -1.76. The third-order valence-corrected chi connectivity index (χ3v) is 5.00. The summed E-state index contributed by atoms with van der Waals surface area (Å²) in [5, 5.41) is 9.39. The van der Waals surface area contributed by atoms with Crippen molar-refractivity contribution in [1.82, 2.24) is 4.98 Å². The van der Waals surface area contributed by atoms with Crippen molar-refractivity contribution >= 4 is 29.5 Å². The highest BCUT2D eigenvalue weighted by atomic mass is 32.2. The van der Waals surface area contributed by atoms with Crippen molar-refractivity contribution in [2.24, 2.45) is 5.73 Å². The summed E-state index contributed by atoms with van der Waals surface area (Å²) in [4.78, 5) is 29.5. The van der Waals surface area contributed by atoms with Crippen molar-refractivity contribution in [3.63, 3.8) is 0 Å². The number of thioether (sulfide) groups is 1. The SMILES string of the molecule is NC(=O)c1cc2c(nc1N1CCSCC1C(=O)O)CCC2. The van der Waals surface area contributed by atoms with E-state index in [4.69, 9.17) is 5.73 Å². The molecule has 6 nitrogen and oxygen atoms in total. The van der Waals surface area contributed by atoms with Crippen LogP contribution in [0.15, 0.2) is 6.07 Å². The third-order valence-electron chi connectivity index (χ3n) is 3.98. The van der Waals surface area contributed by atoms with Crippen molar-refractivity contribution in [2.45, 2.75) is 25.3 Å². The molecular weight excluding hydrogens is 290 g/mol. The van der Waals surface area contributed by atoms with Crippen LogP contribution < -0.4 is 10.6 Å². The number of hydrogen-bond donors (Lipinski definition) is 2. The van der Waals surface area contributed by atoms with E-state index in [1.165, 1.54) is 0 Å². The van der Waals surface area contributed by atoms with Crippen molar-refractivity contribution in [2.75, 3.05) is 23.0 Å². The van der Waals surface area contributed by atoms with Crippen LogP contribution in [0.2, 0.25) is 0 Å². The molecule has 1 atom stereocenters. The fraction of sp³-hybridized carbons (Fsp3) is 0.500. The van der Waals surface area contributed by atoms with Gasteiger partial charge in [-0.2, -0.15) is 11.8 Å². The van der Waals surface area contributed by atoms with Gasteiger partial charge in [0.15, 0.2) is 0 Å². The number of aromatic nitrogens is 1. The number of nitrogens with two attached hydrogens (primary N) is 1. The van der Waals surface area contributed by atoms with Crippen LogP contribution in [-0.2, 0) is 17.6 Å². The number of nitrogens with zero attached hydrogens (tertiary/aromatic N) is 2. The average molecular weight is 307 g/mol. The molecule has 0 saturated carbocycles. The lowest BCUT2D eigenvalue weighted by atomic mass is 10.1. The molecule has 1 amide bonds. The summed E-state index contributed by atoms with van der Waals surface area (Å²) in [5.41, 5.74) is 7.85. The van der Waals surface area contributed by atoms with Crippen molar-refractivity contribution in [1.29, 1.82) is 0 Å². The third kappa shape index (κ3) is 2.57. The van der Waals surface area contributed by atoms with Gasteiger partial charge in [0, 0.05) is 23.7 Å². The second-order valence-electron chi connectivity index (χ2n) is 5.31. The second-order valence-corrected chi connectivity index (χ2v) is 6.46. The quantitative estimate of drug-likeness (QED) is 0.852. The van der Waals surface area contributed by atoms with Crippen molar-refractivity contribution < 1.29 is 14.7 Å². The van der Waals surface area contributed by atoms with E-state index in [9.17, 15) is 14.7 Å². The van der Waals surface area contributed by atoms with Crippen LogP contribution >= 0.6 is 11.8 Å². The Morgan fingerprint density at radius 3 is 2.95 bits per heavy atom. The number of aryl methyl sites for hydroxylation is 2. The van der Waals surface area contributed by atoms with E-state index < -0.39 is 17.9 Å². The zero-order valence-corrected chi connectivity index (χ0v) is 12.4. The molecule has 0 bridgehead atoms. The molecule has 112 valence electrons. The van der Waals surface area contributed by atoms with Gasteiger partial charge < -0.3 is 15.7 Å². The lowest BCUT2D eigenvalue weighted by molar-refractivity contribution is -0.138. The maximum Gasteiger partial charge on any atom is 0.327 e. The predicted octanol–water partition coefficient (Wildman–Crippen LogP) is 0.676. The summed E-state index contributed by atoms with van der Waals surface area (Å²) in [6, 6.07) is 1.14. The molecule has 0 radical (unpaired) electrons. The molecule has 1 aliphatic heterocycles. The van der Waals surface area contributed by atoms with Crippen molar-refractivity contribution in [3.05, 3.63) is 22.9 Å². The van der Waals surface area contributed by atoms with Crippen LogP contribution in [-0.4, -0.2) is 46.1 Å². The molecule has 21 heavy (non-hydrogen) atoms. The van der Waals surface area contributed by atoms with Crippen LogP contribution in [0.5, 0.6) is 0 Å². The highest BCUT2D eigenvalue weighted by Gasteiger charge is 2.33. The number of hydrogen-bond acceptors (Lipinski definition) is 5. The Labute approximate surface area is 126 Å². The Bertz CT molecular complexity index is 605. The fourth-order valence-electron chi connectivity index (χ4n) is 2.92. The van der Waals surface area contributed by atoms with Crippen LogP contribution in [0.4, 0.5) is 5.82 Å². The standard InChI is InChI=1S/C14H17N3O3S/c15-12(18)9-6-8-2-1-3-10(8)16-13(9)17-4-5-21-7-11(17)14(19)20/h6,11H,1-5,7H2,(H2,15,18)(H,19,20). The van der Waals surface area contributed by atoms with Gasteiger partial charge in [0.05, 0.1) is 5.56 Å². The number of carbonyl (C=O) groups is 2. The number of aliphatic carboxylic acids is 1. The molecule has 1 aromatic heterocycles. The molecule has 1 aromatic rings. The van der Waals surface area contributed by atoms with Gasteiger partial charge in [0.25, 0.3) is 5.91 Å². The summed E-state index contributed by atoms with van der Waals surface area (Å²) in [7, 11) is 0. The number of anilines is 1. The first kappa shape index (κ1) is 14.2.